The standard InChI is InChI=1S/C24H16ClNO2S2/c1-14-5-4-7-18-21(17-6-2-3-8-19(17)28-22(14)18)26-23(27)20(30-24(26)29)13-15-9-11-16(25)12-10-15/h2-13,21H,1H3/b20-13+/t21-/m0/s1. The van der Waals surface area contributed by atoms with E-state index in [-0.39, 0.29) is 11.9 Å². The Hall–Kier alpha value is -2.60. The summed E-state index contributed by atoms with van der Waals surface area (Å²) in [6, 6.07) is 20.9. The topological polar surface area (TPSA) is 29.5 Å². The van der Waals surface area contributed by atoms with E-state index >= 15 is 0 Å². The molecule has 148 valence electrons. The van der Waals surface area contributed by atoms with Gasteiger partial charge in [0.05, 0.1) is 10.9 Å². The van der Waals surface area contributed by atoms with Gasteiger partial charge < -0.3 is 4.74 Å². The highest BCUT2D eigenvalue weighted by Gasteiger charge is 2.42. The van der Waals surface area contributed by atoms with E-state index in [4.69, 9.17) is 28.6 Å². The van der Waals surface area contributed by atoms with Crippen LogP contribution in [0.1, 0.15) is 28.3 Å². The highest BCUT2D eigenvalue weighted by molar-refractivity contribution is 8.26. The Labute approximate surface area is 189 Å². The molecule has 0 radical (unpaired) electrons. The lowest BCUT2D eigenvalue weighted by molar-refractivity contribution is -0.123. The largest absolute Gasteiger partial charge is 0.456 e. The van der Waals surface area contributed by atoms with E-state index in [0.717, 1.165) is 33.8 Å². The van der Waals surface area contributed by atoms with Gasteiger partial charge >= 0.3 is 0 Å². The number of thioether (sulfide) groups is 1. The van der Waals surface area contributed by atoms with Gasteiger partial charge in [-0.1, -0.05) is 84.1 Å². The van der Waals surface area contributed by atoms with Gasteiger partial charge in [-0.2, -0.15) is 0 Å². The average molecular weight is 450 g/mol. The van der Waals surface area contributed by atoms with Crippen molar-refractivity contribution >= 4 is 51.9 Å². The highest BCUT2D eigenvalue weighted by Crippen LogP contribution is 2.50. The van der Waals surface area contributed by atoms with Crippen LogP contribution in [0.15, 0.2) is 71.6 Å². The molecule has 3 aromatic rings. The molecule has 2 aliphatic heterocycles. The summed E-state index contributed by atoms with van der Waals surface area (Å²) in [7, 11) is 0. The first kappa shape index (κ1) is 19.4. The smallest absolute Gasteiger partial charge is 0.267 e. The number of benzene rings is 3. The third-order valence-electron chi connectivity index (χ3n) is 5.21. The van der Waals surface area contributed by atoms with E-state index in [9.17, 15) is 4.79 Å². The predicted molar refractivity (Wildman–Crippen MR) is 126 cm³/mol. The molecular formula is C24H16ClNO2S2. The summed E-state index contributed by atoms with van der Waals surface area (Å²) in [5.41, 5.74) is 3.80. The van der Waals surface area contributed by atoms with Crippen LogP contribution >= 0.6 is 35.6 Å². The molecule has 1 saturated heterocycles. The molecule has 0 aliphatic carbocycles. The van der Waals surface area contributed by atoms with Gasteiger partial charge in [-0.05, 0) is 42.3 Å². The molecule has 1 fully saturated rings. The normalized spacial score (nSPS) is 18.9. The Morgan fingerprint density at radius 1 is 1.03 bits per heavy atom. The van der Waals surface area contributed by atoms with Crippen LogP contribution in [0.5, 0.6) is 11.5 Å². The van der Waals surface area contributed by atoms with E-state index in [1.54, 1.807) is 4.90 Å². The van der Waals surface area contributed by atoms with E-state index < -0.39 is 0 Å². The van der Waals surface area contributed by atoms with E-state index in [0.29, 0.717) is 14.2 Å². The monoisotopic (exact) mass is 449 g/mol. The zero-order valence-corrected chi connectivity index (χ0v) is 18.4. The van der Waals surface area contributed by atoms with Crippen molar-refractivity contribution in [1.29, 1.82) is 0 Å². The number of fused-ring (bicyclic) bond motifs is 2. The van der Waals surface area contributed by atoms with Gasteiger partial charge in [-0.25, -0.2) is 0 Å². The summed E-state index contributed by atoms with van der Waals surface area (Å²) in [6.07, 6.45) is 1.86. The summed E-state index contributed by atoms with van der Waals surface area (Å²) in [6.45, 7) is 2.01. The molecule has 0 spiro atoms. The number of amides is 1. The molecular weight excluding hydrogens is 434 g/mol. The van der Waals surface area contributed by atoms with Gasteiger partial charge in [0.25, 0.3) is 5.91 Å². The van der Waals surface area contributed by atoms with Gasteiger partial charge in [0.2, 0.25) is 0 Å². The van der Waals surface area contributed by atoms with Crippen molar-refractivity contribution in [2.24, 2.45) is 0 Å². The molecule has 2 aliphatic rings. The first-order valence-electron chi connectivity index (χ1n) is 9.42. The molecule has 0 saturated carbocycles. The maximum Gasteiger partial charge on any atom is 0.267 e. The van der Waals surface area contributed by atoms with Crippen molar-refractivity contribution in [3.63, 3.8) is 0 Å². The third kappa shape index (κ3) is 3.23. The Balaban J connectivity index is 1.60. The molecule has 0 bridgehead atoms. The van der Waals surface area contributed by atoms with Crippen LogP contribution < -0.4 is 4.74 Å². The quantitative estimate of drug-likeness (QED) is 0.320. The minimum Gasteiger partial charge on any atom is -0.456 e. The Morgan fingerprint density at radius 3 is 2.57 bits per heavy atom. The van der Waals surface area contributed by atoms with Crippen molar-refractivity contribution in [2.75, 3.05) is 0 Å². The number of carbonyl (C=O) groups excluding carboxylic acids is 1. The maximum absolute atomic E-state index is 13.5. The minimum absolute atomic E-state index is 0.103. The maximum atomic E-state index is 13.5. The predicted octanol–water partition coefficient (Wildman–Crippen LogP) is 6.74. The van der Waals surface area contributed by atoms with Gasteiger partial charge in [0.1, 0.15) is 15.8 Å². The molecule has 3 nitrogen and oxygen atoms in total. The minimum atomic E-state index is -0.325. The van der Waals surface area contributed by atoms with Crippen LogP contribution in [0.2, 0.25) is 5.02 Å². The van der Waals surface area contributed by atoms with E-state index in [1.807, 2.05) is 79.7 Å². The molecule has 3 aromatic carbocycles. The number of hydrogen-bond acceptors (Lipinski definition) is 4. The number of carbonyl (C=O) groups is 1. The lowest BCUT2D eigenvalue weighted by Gasteiger charge is -2.34. The fraction of sp³-hybridized carbons (Fsp3) is 0.0833. The lowest BCUT2D eigenvalue weighted by Crippen LogP contribution is -2.35. The van der Waals surface area contributed by atoms with Gasteiger partial charge in [0, 0.05) is 16.1 Å². The summed E-state index contributed by atoms with van der Waals surface area (Å²) in [5.74, 6) is 1.44. The van der Waals surface area contributed by atoms with Gasteiger partial charge in [0.15, 0.2) is 0 Å². The van der Waals surface area contributed by atoms with Crippen molar-refractivity contribution in [3.05, 3.63) is 98.9 Å². The molecule has 1 atom stereocenters. The Bertz CT molecular complexity index is 1220. The fourth-order valence-corrected chi connectivity index (χ4v) is 5.24. The fourth-order valence-electron chi connectivity index (χ4n) is 3.80. The molecule has 5 rings (SSSR count). The second-order valence-electron chi connectivity index (χ2n) is 7.14. The van der Waals surface area contributed by atoms with Crippen LogP contribution in [0.3, 0.4) is 0 Å². The number of thiocarbonyl (C=S) groups is 1. The number of aryl methyl sites for hydroxylation is 1. The zero-order chi connectivity index (χ0) is 20.8. The number of hydrogen-bond donors (Lipinski definition) is 0. The molecule has 0 unspecified atom stereocenters. The number of para-hydroxylation sites is 2. The lowest BCUT2D eigenvalue weighted by atomic mass is 9.92. The molecule has 0 N–H and O–H groups in total. The van der Waals surface area contributed by atoms with Crippen LogP contribution in [-0.4, -0.2) is 15.1 Å². The SMILES string of the molecule is Cc1cccc2c1Oc1ccccc1[C@@H]2N1C(=O)/C(=C\c2ccc(Cl)cc2)SC1=S. The van der Waals surface area contributed by atoms with Crippen LogP contribution in [0, 0.1) is 6.92 Å². The van der Waals surface area contributed by atoms with Gasteiger partial charge in [-0.15, -0.1) is 0 Å². The highest BCUT2D eigenvalue weighted by atomic mass is 35.5. The van der Waals surface area contributed by atoms with Crippen molar-refractivity contribution in [2.45, 2.75) is 13.0 Å². The van der Waals surface area contributed by atoms with Crippen LogP contribution in [0.25, 0.3) is 6.08 Å². The van der Waals surface area contributed by atoms with Crippen molar-refractivity contribution in [1.82, 2.24) is 4.90 Å². The van der Waals surface area contributed by atoms with E-state index in [1.165, 1.54) is 11.8 Å². The molecule has 2 heterocycles. The summed E-state index contributed by atoms with van der Waals surface area (Å²) >= 11 is 13.0. The van der Waals surface area contributed by atoms with Crippen molar-refractivity contribution in [3.8, 4) is 11.5 Å². The van der Waals surface area contributed by atoms with Crippen LogP contribution in [0.4, 0.5) is 0 Å². The van der Waals surface area contributed by atoms with E-state index in [2.05, 4.69) is 0 Å². The first-order chi connectivity index (χ1) is 14.5. The van der Waals surface area contributed by atoms with Crippen LogP contribution in [-0.2, 0) is 4.79 Å². The number of ether oxygens (including phenoxy) is 1. The summed E-state index contributed by atoms with van der Waals surface area (Å²) in [4.78, 5) is 15.8. The summed E-state index contributed by atoms with van der Waals surface area (Å²) < 4.78 is 6.72. The number of nitrogens with zero attached hydrogens (tertiary/aromatic N) is 1. The van der Waals surface area contributed by atoms with Crippen molar-refractivity contribution < 1.29 is 9.53 Å². The molecule has 30 heavy (non-hydrogen) atoms. The number of rotatable bonds is 2. The first-order valence-corrected chi connectivity index (χ1v) is 11.0. The summed E-state index contributed by atoms with van der Waals surface area (Å²) in [5, 5.41) is 0.658. The van der Waals surface area contributed by atoms with Gasteiger partial charge in [-0.3, -0.25) is 9.69 Å². The third-order valence-corrected chi connectivity index (χ3v) is 6.79. The number of halogens is 1. The Kier molecular flexibility index (Phi) is 4.89. The molecule has 6 heteroatoms. The molecule has 1 amide bonds. The Morgan fingerprint density at radius 2 is 1.77 bits per heavy atom. The second-order valence-corrected chi connectivity index (χ2v) is 9.25. The second kappa shape index (κ2) is 7.58. The molecule has 0 aromatic heterocycles. The average Bonchev–Trinajstić information content (AvgIpc) is 3.01. The zero-order valence-electron chi connectivity index (χ0n) is 16.0.